The van der Waals surface area contributed by atoms with Crippen molar-refractivity contribution in [1.82, 2.24) is 25.6 Å². The van der Waals surface area contributed by atoms with Gasteiger partial charge in [-0.2, -0.15) is 0 Å². The summed E-state index contributed by atoms with van der Waals surface area (Å²) in [5.74, 6) is -0.206. The van der Waals surface area contributed by atoms with Crippen LogP contribution in [0.25, 0.3) is 0 Å². The molecule has 0 saturated carbocycles. The highest BCUT2D eigenvalue weighted by atomic mass is 35.5. The van der Waals surface area contributed by atoms with Crippen molar-refractivity contribution in [3.8, 4) is 0 Å². The molecule has 2 aromatic rings. The van der Waals surface area contributed by atoms with Crippen LogP contribution in [0.5, 0.6) is 0 Å². The Bertz CT molecular complexity index is 755. The molecule has 1 amide bonds. The topological polar surface area (TPSA) is 71.8 Å². The molecule has 1 saturated heterocycles. The van der Waals surface area contributed by atoms with Crippen LogP contribution in [0, 0.1) is 6.92 Å². The van der Waals surface area contributed by atoms with E-state index in [4.69, 9.17) is 23.2 Å². The Morgan fingerprint density at radius 3 is 2.84 bits per heavy atom. The van der Waals surface area contributed by atoms with E-state index in [1.54, 1.807) is 12.1 Å². The van der Waals surface area contributed by atoms with Crippen LogP contribution in [0.3, 0.4) is 0 Å². The maximum atomic E-state index is 12.4. The Kier molecular flexibility index (Phi) is 5.93. The predicted molar refractivity (Wildman–Crippen MR) is 98.4 cm³/mol. The second kappa shape index (κ2) is 8.17. The zero-order valence-electron chi connectivity index (χ0n) is 14.1. The van der Waals surface area contributed by atoms with Gasteiger partial charge in [0, 0.05) is 16.6 Å². The van der Waals surface area contributed by atoms with E-state index < -0.39 is 0 Å². The fourth-order valence-corrected chi connectivity index (χ4v) is 3.57. The van der Waals surface area contributed by atoms with Crippen LogP contribution < -0.4 is 10.6 Å². The minimum absolute atomic E-state index is 0.206. The quantitative estimate of drug-likeness (QED) is 0.834. The van der Waals surface area contributed by atoms with Crippen molar-refractivity contribution < 1.29 is 4.79 Å². The number of halogens is 2. The second-order valence-corrected chi connectivity index (χ2v) is 7.03. The van der Waals surface area contributed by atoms with Crippen LogP contribution in [0.2, 0.25) is 10.0 Å². The zero-order valence-corrected chi connectivity index (χ0v) is 15.6. The third kappa shape index (κ3) is 4.32. The minimum Gasteiger partial charge on any atom is -0.350 e. The molecule has 0 spiro atoms. The lowest BCUT2D eigenvalue weighted by Crippen LogP contribution is -2.30. The Balaban J connectivity index is 1.59. The van der Waals surface area contributed by atoms with Crippen molar-refractivity contribution in [2.45, 2.75) is 32.2 Å². The van der Waals surface area contributed by atoms with Crippen LogP contribution >= 0.6 is 23.2 Å². The van der Waals surface area contributed by atoms with Gasteiger partial charge in [0.1, 0.15) is 0 Å². The molecule has 0 atom stereocenters. The summed E-state index contributed by atoms with van der Waals surface area (Å²) in [5.41, 5.74) is 2.15. The molecule has 25 heavy (non-hydrogen) atoms. The monoisotopic (exact) mass is 381 g/mol. The fraction of sp³-hybridized carbons (Fsp3) is 0.471. The third-order valence-electron chi connectivity index (χ3n) is 4.49. The van der Waals surface area contributed by atoms with Gasteiger partial charge in [-0.1, -0.05) is 34.5 Å². The number of nitrogens with one attached hydrogen (secondary N) is 2. The average Bonchev–Trinajstić information content (AvgIpc) is 2.99. The Morgan fingerprint density at radius 1 is 1.36 bits per heavy atom. The normalized spacial score (nSPS) is 15.3. The first-order chi connectivity index (χ1) is 12.1. The molecule has 0 bridgehead atoms. The highest BCUT2D eigenvalue weighted by Gasteiger charge is 2.22. The van der Waals surface area contributed by atoms with Gasteiger partial charge in [-0.3, -0.25) is 4.79 Å². The van der Waals surface area contributed by atoms with Gasteiger partial charge in [-0.05, 0) is 57.0 Å². The van der Waals surface area contributed by atoms with Crippen LogP contribution in [-0.4, -0.2) is 40.5 Å². The summed E-state index contributed by atoms with van der Waals surface area (Å²) in [7, 11) is 0. The van der Waals surface area contributed by atoms with E-state index in [0.29, 0.717) is 34.7 Å². The first kappa shape index (κ1) is 18.2. The van der Waals surface area contributed by atoms with E-state index in [9.17, 15) is 4.79 Å². The standard InChI is InChI=1S/C17H21Cl2N5O/c1-11-16(22-23-24(11)14-5-7-20-8-6-14)17(25)21-9-4-12-2-3-13(18)10-15(12)19/h2-3,10,14,20H,4-9H2,1H3,(H,21,25). The van der Waals surface area contributed by atoms with E-state index in [1.807, 2.05) is 17.7 Å². The molecule has 1 aromatic heterocycles. The van der Waals surface area contributed by atoms with Crippen LogP contribution in [0.4, 0.5) is 0 Å². The number of carbonyl (C=O) groups excluding carboxylic acids is 1. The lowest BCUT2D eigenvalue weighted by molar-refractivity contribution is 0.0948. The lowest BCUT2D eigenvalue weighted by Gasteiger charge is -2.23. The Labute approximate surface area is 156 Å². The molecule has 6 nitrogen and oxygen atoms in total. The van der Waals surface area contributed by atoms with Gasteiger partial charge in [-0.25, -0.2) is 4.68 Å². The summed E-state index contributed by atoms with van der Waals surface area (Å²) in [6.45, 7) is 4.30. The van der Waals surface area contributed by atoms with Gasteiger partial charge in [0.2, 0.25) is 0 Å². The molecule has 0 aliphatic carbocycles. The highest BCUT2D eigenvalue weighted by molar-refractivity contribution is 6.35. The SMILES string of the molecule is Cc1c(C(=O)NCCc2ccc(Cl)cc2Cl)nnn1C1CCNCC1. The summed E-state index contributed by atoms with van der Waals surface area (Å²) >= 11 is 12.0. The molecule has 0 unspecified atom stereocenters. The maximum absolute atomic E-state index is 12.4. The van der Waals surface area contributed by atoms with Crippen molar-refractivity contribution >= 4 is 29.1 Å². The van der Waals surface area contributed by atoms with Gasteiger partial charge in [-0.15, -0.1) is 5.10 Å². The van der Waals surface area contributed by atoms with Crippen LogP contribution in [-0.2, 0) is 6.42 Å². The van der Waals surface area contributed by atoms with E-state index in [-0.39, 0.29) is 5.91 Å². The van der Waals surface area contributed by atoms with Crippen molar-refractivity contribution in [2.75, 3.05) is 19.6 Å². The number of aromatic nitrogens is 3. The summed E-state index contributed by atoms with van der Waals surface area (Å²) in [4.78, 5) is 12.4. The van der Waals surface area contributed by atoms with Gasteiger partial charge in [0.05, 0.1) is 11.7 Å². The molecular formula is C17H21Cl2N5O. The van der Waals surface area contributed by atoms with Crippen LogP contribution in [0.1, 0.15) is 40.6 Å². The largest absolute Gasteiger partial charge is 0.350 e. The first-order valence-corrected chi connectivity index (χ1v) is 9.16. The number of carbonyl (C=O) groups is 1. The van der Waals surface area contributed by atoms with Crippen molar-refractivity contribution in [3.63, 3.8) is 0 Å². The fourth-order valence-electron chi connectivity index (χ4n) is 3.07. The summed E-state index contributed by atoms with van der Waals surface area (Å²) in [5, 5.41) is 15.7. The molecule has 8 heteroatoms. The van der Waals surface area contributed by atoms with Gasteiger partial charge in [0.25, 0.3) is 5.91 Å². The van der Waals surface area contributed by atoms with E-state index in [1.165, 1.54) is 0 Å². The van der Waals surface area contributed by atoms with E-state index in [2.05, 4.69) is 20.9 Å². The van der Waals surface area contributed by atoms with Crippen LogP contribution in [0.15, 0.2) is 18.2 Å². The number of nitrogens with zero attached hydrogens (tertiary/aromatic N) is 3. The van der Waals surface area contributed by atoms with Gasteiger partial charge >= 0.3 is 0 Å². The van der Waals surface area contributed by atoms with E-state index in [0.717, 1.165) is 37.2 Å². The number of rotatable bonds is 5. The smallest absolute Gasteiger partial charge is 0.273 e. The van der Waals surface area contributed by atoms with Gasteiger partial charge < -0.3 is 10.6 Å². The molecule has 1 fully saturated rings. The molecule has 2 heterocycles. The minimum atomic E-state index is -0.206. The first-order valence-electron chi connectivity index (χ1n) is 8.41. The Morgan fingerprint density at radius 2 is 2.12 bits per heavy atom. The number of benzene rings is 1. The molecule has 1 aromatic carbocycles. The molecule has 1 aliphatic heterocycles. The molecule has 2 N–H and O–H groups in total. The summed E-state index contributed by atoms with van der Waals surface area (Å²) in [6, 6.07) is 5.67. The summed E-state index contributed by atoms with van der Waals surface area (Å²) < 4.78 is 1.88. The second-order valence-electron chi connectivity index (χ2n) is 6.19. The molecule has 134 valence electrons. The number of hydrogen-bond donors (Lipinski definition) is 2. The predicted octanol–water partition coefficient (Wildman–Crippen LogP) is 2.79. The van der Waals surface area contributed by atoms with Crippen molar-refractivity contribution in [2.24, 2.45) is 0 Å². The average molecular weight is 382 g/mol. The highest BCUT2D eigenvalue weighted by Crippen LogP contribution is 2.22. The lowest BCUT2D eigenvalue weighted by atomic mass is 10.1. The third-order valence-corrected chi connectivity index (χ3v) is 5.08. The number of hydrogen-bond acceptors (Lipinski definition) is 4. The van der Waals surface area contributed by atoms with E-state index >= 15 is 0 Å². The van der Waals surface area contributed by atoms with Crippen molar-refractivity contribution in [3.05, 3.63) is 45.2 Å². The molecule has 1 aliphatic rings. The molecule has 0 radical (unpaired) electrons. The molecule has 3 rings (SSSR count). The number of piperidine rings is 1. The van der Waals surface area contributed by atoms with Crippen molar-refractivity contribution in [1.29, 1.82) is 0 Å². The van der Waals surface area contributed by atoms with Gasteiger partial charge in [0.15, 0.2) is 5.69 Å². The zero-order chi connectivity index (χ0) is 17.8. The summed E-state index contributed by atoms with van der Waals surface area (Å²) in [6.07, 6.45) is 2.63. The molecular weight excluding hydrogens is 361 g/mol. The maximum Gasteiger partial charge on any atom is 0.273 e. The number of amides is 1. The Hall–Kier alpha value is -1.63.